The number of carbonyl (C=O) groups excluding carboxylic acids is 2. The molecule has 2 N–H and O–H groups in total. The number of amides is 2. The zero-order valence-corrected chi connectivity index (χ0v) is 22.1. The molecule has 2 amide bonds. The third-order valence-corrected chi connectivity index (χ3v) is 4.88. The molecule has 0 aliphatic rings. The summed E-state index contributed by atoms with van der Waals surface area (Å²) in [5.41, 5.74) is 1.28. The van der Waals surface area contributed by atoms with Gasteiger partial charge < -0.3 is 19.4 Å². The number of aromatic nitrogens is 3. The summed E-state index contributed by atoms with van der Waals surface area (Å²) >= 11 is 0. The second kappa shape index (κ2) is 10.9. The van der Waals surface area contributed by atoms with Crippen molar-refractivity contribution in [2.24, 2.45) is 4.99 Å². The number of alkyl carbamates (subject to hydrolysis) is 1. The molecule has 0 radical (unpaired) electrons. The van der Waals surface area contributed by atoms with Gasteiger partial charge in [0, 0.05) is 24.9 Å². The first-order valence-corrected chi connectivity index (χ1v) is 12.1. The van der Waals surface area contributed by atoms with Gasteiger partial charge in [-0.25, -0.2) is 14.6 Å². The number of hydrogen-bond donors (Lipinski definition) is 2. The van der Waals surface area contributed by atoms with Gasteiger partial charge in [-0.05, 0) is 54.0 Å². The van der Waals surface area contributed by atoms with Crippen molar-refractivity contribution in [2.45, 2.75) is 79.1 Å². The van der Waals surface area contributed by atoms with Crippen LogP contribution >= 0.6 is 0 Å². The molecule has 0 saturated heterocycles. The Morgan fingerprint density at radius 2 is 1.72 bits per heavy atom. The van der Waals surface area contributed by atoms with Gasteiger partial charge in [0.15, 0.2) is 0 Å². The van der Waals surface area contributed by atoms with E-state index < -0.39 is 23.4 Å². The van der Waals surface area contributed by atoms with Crippen LogP contribution in [0.3, 0.4) is 0 Å². The van der Waals surface area contributed by atoms with Gasteiger partial charge >= 0.3 is 12.2 Å². The van der Waals surface area contributed by atoms with Crippen LogP contribution in [-0.4, -0.2) is 50.4 Å². The largest absolute Gasteiger partial charge is 0.444 e. The summed E-state index contributed by atoms with van der Waals surface area (Å²) in [6, 6.07) is 7.94. The van der Waals surface area contributed by atoms with E-state index in [1.54, 1.807) is 47.7 Å². The van der Waals surface area contributed by atoms with Gasteiger partial charge in [0.25, 0.3) is 0 Å². The Labute approximate surface area is 211 Å². The number of nitrogens with zero attached hydrogens (tertiary/aromatic N) is 4. The average molecular weight is 497 g/mol. The van der Waals surface area contributed by atoms with Gasteiger partial charge in [0.05, 0.1) is 17.2 Å². The second-order valence-electron chi connectivity index (χ2n) is 10.4. The number of benzene rings is 1. The van der Waals surface area contributed by atoms with E-state index in [1.807, 2.05) is 24.3 Å². The molecule has 3 aromatic rings. The van der Waals surface area contributed by atoms with Crippen molar-refractivity contribution in [1.29, 1.82) is 0 Å². The minimum atomic E-state index is -0.821. The van der Waals surface area contributed by atoms with E-state index in [-0.39, 0.29) is 5.96 Å². The molecule has 36 heavy (non-hydrogen) atoms. The lowest BCUT2D eigenvalue weighted by Crippen LogP contribution is -2.45. The van der Waals surface area contributed by atoms with Crippen LogP contribution in [0.2, 0.25) is 0 Å². The first-order chi connectivity index (χ1) is 16.9. The predicted octanol–water partition coefficient (Wildman–Crippen LogP) is 4.94. The molecule has 1 aromatic carbocycles. The van der Waals surface area contributed by atoms with Crippen LogP contribution in [0.1, 0.15) is 60.7 Å². The maximum atomic E-state index is 12.4. The number of aryl methyl sites for hydroxylation is 1. The zero-order chi connectivity index (χ0) is 26.5. The van der Waals surface area contributed by atoms with Gasteiger partial charge in [0.1, 0.15) is 22.5 Å². The molecule has 3 rings (SSSR count). The van der Waals surface area contributed by atoms with Crippen LogP contribution in [0.4, 0.5) is 9.59 Å². The molecule has 0 aliphatic heterocycles. The molecule has 0 atom stereocenters. The molecule has 2 aromatic heterocycles. The fourth-order valence-electron chi connectivity index (χ4n) is 3.64. The number of pyridine rings is 1. The Kier molecular flexibility index (Phi) is 8.17. The standard InChI is InChI=1S/C26H36N6O4/c1-8-11-20-29-19-16-28-18-13-10-9-12-17(18)21(19)32(20)15-14-27-22(30-23(33)35-25(2,3)4)31-24(34)36-26(5,6)7/h9-10,12-13,16H,8,11,14-15H2,1-7H3,(H2,27,30,31,33,34). The number of ether oxygens (including phenoxy) is 2. The van der Waals surface area contributed by atoms with Crippen LogP contribution in [-0.2, 0) is 22.4 Å². The summed E-state index contributed by atoms with van der Waals surface area (Å²) in [6.45, 7) is 13.5. The van der Waals surface area contributed by atoms with Crippen molar-refractivity contribution in [3.63, 3.8) is 0 Å². The molecule has 0 aliphatic carbocycles. The Morgan fingerprint density at radius 1 is 1.03 bits per heavy atom. The molecular weight excluding hydrogens is 460 g/mol. The smallest absolute Gasteiger partial charge is 0.437 e. The summed E-state index contributed by atoms with van der Waals surface area (Å²) < 4.78 is 12.7. The fraction of sp³-hybridized carbons (Fsp3) is 0.500. The monoisotopic (exact) mass is 496 g/mol. The van der Waals surface area contributed by atoms with Crippen molar-refractivity contribution in [1.82, 2.24) is 25.2 Å². The predicted molar refractivity (Wildman–Crippen MR) is 140 cm³/mol. The van der Waals surface area contributed by atoms with Gasteiger partial charge in [-0.15, -0.1) is 4.99 Å². The average Bonchev–Trinajstić information content (AvgIpc) is 3.09. The maximum absolute atomic E-state index is 12.4. The molecule has 0 saturated carbocycles. The van der Waals surface area contributed by atoms with Gasteiger partial charge in [0.2, 0.25) is 5.96 Å². The molecule has 0 fully saturated rings. The van der Waals surface area contributed by atoms with E-state index in [9.17, 15) is 9.59 Å². The first kappa shape index (κ1) is 26.9. The van der Waals surface area contributed by atoms with Crippen LogP contribution in [0.15, 0.2) is 35.5 Å². The SMILES string of the molecule is CCCc1nc2cnc3ccccc3c2n1CCNC(=NC(=O)OC(C)(C)C)NC(=O)OC(C)(C)C. The number of aliphatic imine (C=N–C) groups is 1. The normalized spacial score (nSPS) is 12.6. The van der Waals surface area contributed by atoms with Crippen LogP contribution in [0.25, 0.3) is 21.9 Å². The first-order valence-electron chi connectivity index (χ1n) is 12.1. The van der Waals surface area contributed by atoms with E-state index in [0.29, 0.717) is 13.1 Å². The van der Waals surface area contributed by atoms with E-state index >= 15 is 0 Å². The topological polar surface area (TPSA) is 120 Å². The van der Waals surface area contributed by atoms with E-state index in [2.05, 4.69) is 32.1 Å². The summed E-state index contributed by atoms with van der Waals surface area (Å²) in [6.07, 6.45) is 1.98. The molecule has 0 unspecified atom stereocenters. The summed E-state index contributed by atoms with van der Waals surface area (Å²) in [5.74, 6) is 0.893. The van der Waals surface area contributed by atoms with Gasteiger partial charge in [-0.1, -0.05) is 25.1 Å². The lowest BCUT2D eigenvalue weighted by molar-refractivity contribution is 0.0560. The lowest BCUT2D eigenvalue weighted by Gasteiger charge is -2.21. The van der Waals surface area contributed by atoms with E-state index in [0.717, 1.165) is 40.6 Å². The van der Waals surface area contributed by atoms with Crippen LogP contribution < -0.4 is 10.6 Å². The third-order valence-electron chi connectivity index (χ3n) is 4.88. The Morgan fingerprint density at radius 3 is 2.39 bits per heavy atom. The number of guanidine groups is 1. The summed E-state index contributed by atoms with van der Waals surface area (Å²) in [7, 11) is 0. The Balaban J connectivity index is 1.85. The molecule has 10 nitrogen and oxygen atoms in total. The fourth-order valence-corrected chi connectivity index (χ4v) is 3.64. The highest BCUT2D eigenvalue weighted by atomic mass is 16.6. The van der Waals surface area contributed by atoms with Crippen molar-refractivity contribution >= 4 is 40.1 Å². The van der Waals surface area contributed by atoms with Crippen molar-refractivity contribution in [2.75, 3.05) is 6.54 Å². The molecule has 2 heterocycles. The number of nitrogens with one attached hydrogen (secondary N) is 2. The minimum absolute atomic E-state index is 0.0495. The number of fused-ring (bicyclic) bond motifs is 3. The lowest BCUT2D eigenvalue weighted by atomic mass is 10.2. The number of imidazole rings is 1. The molecule has 0 spiro atoms. The second-order valence-corrected chi connectivity index (χ2v) is 10.4. The van der Waals surface area contributed by atoms with Crippen LogP contribution in [0.5, 0.6) is 0 Å². The van der Waals surface area contributed by atoms with Crippen molar-refractivity contribution < 1.29 is 19.1 Å². The highest BCUT2D eigenvalue weighted by Gasteiger charge is 2.21. The summed E-state index contributed by atoms with van der Waals surface area (Å²) in [4.78, 5) is 37.9. The van der Waals surface area contributed by atoms with Crippen LogP contribution in [0, 0.1) is 0 Å². The highest BCUT2D eigenvalue weighted by Crippen LogP contribution is 2.25. The number of para-hydroxylation sites is 1. The Bertz CT molecular complexity index is 1270. The molecule has 194 valence electrons. The number of hydrogen-bond acceptors (Lipinski definition) is 6. The van der Waals surface area contributed by atoms with Gasteiger partial charge in [-0.2, -0.15) is 0 Å². The van der Waals surface area contributed by atoms with Gasteiger partial charge in [-0.3, -0.25) is 10.3 Å². The minimum Gasteiger partial charge on any atom is -0.444 e. The maximum Gasteiger partial charge on any atom is 0.437 e. The number of rotatable bonds is 5. The molecule has 0 bridgehead atoms. The van der Waals surface area contributed by atoms with E-state index in [1.165, 1.54) is 0 Å². The molecular formula is C26H36N6O4. The molecule has 10 heteroatoms. The highest BCUT2D eigenvalue weighted by molar-refractivity contribution is 6.02. The zero-order valence-electron chi connectivity index (χ0n) is 22.1. The number of carbonyl (C=O) groups is 2. The third kappa shape index (κ3) is 7.40. The van der Waals surface area contributed by atoms with Crippen molar-refractivity contribution in [3.05, 3.63) is 36.3 Å². The van der Waals surface area contributed by atoms with Crippen molar-refractivity contribution in [3.8, 4) is 0 Å². The Hall–Kier alpha value is -3.69. The summed E-state index contributed by atoms with van der Waals surface area (Å²) in [5, 5.41) is 6.58. The quantitative estimate of drug-likeness (QED) is 0.379. The van der Waals surface area contributed by atoms with E-state index in [4.69, 9.17) is 14.5 Å².